The smallest absolute Gasteiger partial charge is 0.264 e. The van der Waals surface area contributed by atoms with E-state index in [0.717, 1.165) is 9.87 Å². The molecule has 0 fully saturated rings. The van der Waals surface area contributed by atoms with Gasteiger partial charge in [-0.15, -0.1) is 0 Å². The molecule has 37 heavy (non-hydrogen) atoms. The van der Waals surface area contributed by atoms with Crippen LogP contribution in [0.25, 0.3) is 0 Å². The summed E-state index contributed by atoms with van der Waals surface area (Å²) >= 11 is 0. The van der Waals surface area contributed by atoms with E-state index < -0.39 is 32.5 Å². The van der Waals surface area contributed by atoms with E-state index in [4.69, 9.17) is 0 Å². The molecule has 4 aromatic rings. The first-order valence-electron chi connectivity index (χ1n) is 11.0. The molecule has 0 aliphatic heterocycles. The van der Waals surface area contributed by atoms with Crippen LogP contribution in [0.4, 0.5) is 17.3 Å². The Morgan fingerprint density at radius 1 is 0.784 bits per heavy atom. The van der Waals surface area contributed by atoms with E-state index in [1.54, 1.807) is 48.5 Å². The maximum atomic E-state index is 13.4. The molecule has 0 saturated carbocycles. The number of anilines is 3. The fraction of sp³-hybridized carbons (Fsp3) is 0.0800. The van der Waals surface area contributed by atoms with Gasteiger partial charge in [-0.1, -0.05) is 35.9 Å². The molecule has 0 bridgehead atoms. The minimum Gasteiger partial charge on any atom is -0.325 e. The first kappa shape index (κ1) is 25.8. The van der Waals surface area contributed by atoms with Crippen LogP contribution >= 0.6 is 0 Å². The number of sulfonamides is 2. The number of rotatable bonds is 9. The number of nitrogens with one attached hydrogen (secondary N) is 2. The van der Waals surface area contributed by atoms with Gasteiger partial charge in [0.1, 0.15) is 6.54 Å². The van der Waals surface area contributed by atoms with Crippen molar-refractivity contribution >= 4 is 43.3 Å². The van der Waals surface area contributed by atoms with Crippen molar-refractivity contribution < 1.29 is 21.6 Å². The van der Waals surface area contributed by atoms with Crippen molar-refractivity contribution in [2.45, 2.75) is 16.7 Å². The third-order valence-electron chi connectivity index (χ3n) is 5.18. The number of amides is 1. The molecule has 1 amide bonds. The largest absolute Gasteiger partial charge is 0.325 e. The van der Waals surface area contributed by atoms with Crippen molar-refractivity contribution in [2.24, 2.45) is 0 Å². The predicted octanol–water partition coefficient (Wildman–Crippen LogP) is 3.42. The van der Waals surface area contributed by atoms with Crippen LogP contribution in [-0.4, -0.2) is 39.3 Å². The summed E-state index contributed by atoms with van der Waals surface area (Å²) in [5.41, 5.74) is 1.56. The van der Waals surface area contributed by atoms with Crippen LogP contribution in [0.2, 0.25) is 0 Å². The Kier molecular flexibility index (Phi) is 7.50. The highest BCUT2D eigenvalue weighted by Gasteiger charge is 2.27. The Morgan fingerprint density at radius 2 is 1.41 bits per heavy atom. The number of benzene rings is 3. The van der Waals surface area contributed by atoms with E-state index >= 15 is 0 Å². The predicted molar refractivity (Wildman–Crippen MR) is 140 cm³/mol. The number of nitrogens with zero attached hydrogens (tertiary/aromatic N) is 3. The lowest BCUT2D eigenvalue weighted by Crippen LogP contribution is -2.38. The van der Waals surface area contributed by atoms with Crippen LogP contribution < -0.4 is 14.3 Å². The van der Waals surface area contributed by atoms with Crippen LogP contribution in [0.15, 0.2) is 107 Å². The molecule has 10 nitrogen and oxygen atoms in total. The summed E-state index contributed by atoms with van der Waals surface area (Å²) in [6.07, 6.45) is 2.81. The Labute approximate surface area is 215 Å². The first-order valence-corrected chi connectivity index (χ1v) is 13.9. The van der Waals surface area contributed by atoms with Gasteiger partial charge in [0.05, 0.1) is 15.5 Å². The summed E-state index contributed by atoms with van der Waals surface area (Å²) in [4.78, 5) is 20.6. The molecule has 1 aromatic heterocycles. The van der Waals surface area contributed by atoms with Crippen LogP contribution in [0, 0.1) is 6.92 Å². The monoisotopic (exact) mass is 537 g/mol. The molecule has 0 saturated heterocycles. The maximum Gasteiger partial charge on any atom is 0.264 e. The van der Waals surface area contributed by atoms with Gasteiger partial charge in [-0.25, -0.2) is 31.5 Å². The third-order valence-corrected chi connectivity index (χ3v) is 8.31. The fourth-order valence-electron chi connectivity index (χ4n) is 3.33. The van der Waals surface area contributed by atoms with Crippen LogP contribution in [0.5, 0.6) is 0 Å². The lowest BCUT2D eigenvalue weighted by molar-refractivity contribution is -0.114. The Balaban J connectivity index is 1.52. The highest BCUT2D eigenvalue weighted by atomic mass is 32.2. The molecule has 0 spiro atoms. The molecule has 0 unspecified atom stereocenters. The van der Waals surface area contributed by atoms with Crippen LogP contribution in [0.1, 0.15) is 5.56 Å². The molecular formula is C25H23N5O5S2. The maximum absolute atomic E-state index is 13.4. The van der Waals surface area contributed by atoms with Gasteiger partial charge in [0.2, 0.25) is 11.9 Å². The minimum atomic E-state index is -4.04. The van der Waals surface area contributed by atoms with Crippen molar-refractivity contribution in [1.82, 2.24) is 9.97 Å². The van der Waals surface area contributed by atoms with Crippen molar-refractivity contribution in [3.05, 3.63) is 103 Å². The van der Waals surface area contributed by atoms with Crippen molar-refractivity contribution in [2.75, 3.05) is 20.9 Å². The summed E-state index contributed by atoms with van der Waals surface area (Å²) in [7, 11) is -7.98. The summed E-state index contributed by atoms with van der Waals surface area (Å²) in [6.45, 7) is 1.38. The van der Waals surface area contributed by atoms with Gasteiger partial charge < -0.3 is 5.32 Å². The van der Waals surface area contributed by atoms with Crippen molar-refractivity contribution in [3.8, 4) is 0 Å². The third kappa shape index (κ3) is 6.29. The normalized spacial score (nSPS) is 11.5. The fourth-order valence-corrected chi connectivity index (χ4v) is 5.73. The van der Waals surface area contributed by atoms with E-state index in [1.165, 1.54) is 48.8 Å². The molecule has 0 radical (unpaired) electrons. The second-order valence-corrected chi connectivity index (χ2v) is 11.5. The van der Waals surface area contributed by atoms with E-state index in [-0.39, 0.29) is 15.7 Å². The molecular weight excluding hydrogens is 514 g/mol. The number of hydrogen-bond donors (Lipinski definition) is 2. The first-order chi connectivity index (χ1) is 17.6. The lowest BCUT2D eigenvalue weighted by Gasteiger charge is -2.24. The Bertz CT molecular complexity index is 1580. The standard InChI is InChI=1S/C25H23N5O5S2/c1-19-8-12-21(13-9-19)30(37(34,35)23-6-3-2-4-7-23)18-24(31)28-20-10-14-22(15-11-20)36(32,33)29-25-26-16-5-17-27-25/h2-17H,18H2,1H3,(H,28,31)(H,26,27,29). The van der Waals surface area contributed by atoms with Crippen molar-refractivity contribution in [3.63, 3.8) is 0 Å². The van der Waals surface area contributed by atoms with Gasteiger partial charge in [-0.3, -0.25) is 9.10 Å². The SMILES string of the molecule is Cc1ccc(N(CC(=O)Nc2ccc(S(=O)(=O)Nc3ncccn3)cc2)S(=O)(=O)c2ccccc2)cc1. The average molecular weight is 538 g/mol. The van der Waals surface area contributed by atoms with Gasteiger partial charge in [0.15, 0.2) is 0 Å². The second-order valence-electron chi connectivity index (χ2n) is 7.91. The molecule has 4 rings (SSSR count). The molecule has 190 valence electrons. The highest BCUT2D eigenvalue weighted by molar-refractivity contribution is 7.93. The minimum absolute atomic E-state index is 0.0489. The van der Waals surface area contributed by atoms with Gasteiger partial charge in [-0.05, 0) is 61.5 Å². The average Bonchev–Trinajstić information content (AvgIpc) is 2.89. The quantitative estimate of drug-likeness (QED) is 0.334. The van der Waals surface area contributed by atoms with E-state index in [2.05, 4.69) is 20.0 Å². The van der Waals surface area contributed by atoms with Crippen LogP contribution in [0.3, 0.4) is 0 Å². The van der Waals surface area contributed by atoms with Crippen molar-refractivity contribution in [1.29, 1.82) is 0 Å². The lowest BCUT2D eigenvalue weighted by atomic mass is 10.2. The number of aryl methyl sites for hydroxylation is 1. The molecule has 0 atom stereocenters. The van der Waals surface area contributed by atoms with E-state index in [0.29, 0.717) is 11.4 Å². The Morgan fingerprint density at radius 3 is 2.03 bits per heavy atom. The highest BCUT2D eigenvalue weighted by Crippen LogP contribution is 2.24. The number of hydrogen-bond acceptors (Lipinski definition) is 7. The number of aromatic nitrogens is 2. The topological polar surface area (TPSA) is 138 Å². The van der Waals surface area contributed by atoms with Gasteiger partial charge in [0.25, 0.3) is 20.0 Å². The second kappa shape index (κ2) is 10.8. The molecule has 1 heterocycles. The zero-order valence-electron chi connectivity index (χ0n) is 19.6. The zero-order valence-corrected chi connectivity index (χ0v) is 21.3. The molecule has 2 N–H and O–H groups in total. The van der Waals surface area contributed by atoms with Gasteiger partial charge in [-0.2, -0.15) is 0 Å². The van der Waals surface area contributed by atoms with E-state index in [9.17, 15) is 21.6 Å². The summed E-state index contributed by atoms with van der Waals surface area (Å²) in [6, 6.07) is 21.6. The molecule has 12 heteroatoms. The number of carbonyl (C=O) groups excluding carboxylic acids is 1. The Hall–Kier alpha value is -4.29. The number of carbonyl (C=O) groups is 1. The summed E-state index contributed by atoms with van der Waals surface area (Å²) < 4.78 is 55.1. The van der Waals surface area contributed by atoms with E-state index in [1.807, 2.05) is 6.92 Å². The summed E-state index contributed by atoms with van der Waals surface area (Å²) in [5.74, 6) is -0.679. The molecule has 3 aromatic carbocycles. The summed E-state index contributed by atoms with van der Waals surface area (Å²) in [5, 5.41) is 2.62. The van der Waals surface area contributed by atoms with Gasteiger partial charge in [0, 0.05) is 18.1 Å². The van der Waals surface area contributed by atoms with Gasteiger partial charge >= 0.3 is 0 Å². The molecule has 0 aliphatic rings. The van der Waals surface area contributed by atoms with Crippen LogP contribution in [-0.2, 0) is 24.8 Å². The molecule has 0 aliphatic carbocycles. The zero-order chi connectivity index (χ0) is 26.5.